The molecule has 0 N–H and O–H groups in total. The molecule has 4 unspecified atom stereocenters. The van der Waals surface area contributed by atoms with Crippen LogP contribution in [0.3, 0.4) is 0 Å². The van der Waals surface area contributed by atoms with Crippen molar-refractivity contribution in [3.63, 3.8) is 0 Å². The van der Waals surface area contributed by atoms with Crippen LogP contribution in [0, 0.1) is 11.8 Å². The molecule has 1 saturated carbocycles. The normalized spacial score (nSPS) is 35.6. The van der Waals surface area contributed by atoms with Crippen LogP contribution in [-0.4, -0.2) is 51.2 Å². The molecule has 0 spiro atoms. The molecule has 3 rings (SSSR count). The molecule has 4 atom stereocenters. The molecule has 3 fully saturated rings. The number of esters is 1. The molecule has 20 heavy (non-hydrogen) atoms. The van der Waals surface area contributed by atoms with Gasteiger partial charge in [0.05, 0.1) is 25.7 Å². The molecular weight excluding hydrogens is 264 g/mol. The summed E-state index contributed by atoms with van der Waals surface area (Å²) in [5, 5.41) is 0. The van der Waals surface area contributed by atoms with Crippen LogP contribution in [0.15, 0.2) is 0 Å². The highest BCUT2D eigenvalue weighted by Crippen LogP contribution is 2.31. The van der Waals surface area contributed by atoms with E-state index in [9.17, 15) is 4.79 Å². The van der Waals surface area contributed by atoms with Crippen LogP contribution < -0.4 is 0 Å². The lowest BCUT2D eigenvalue weighted by atomic mass is 9.80. The number of hydrogen-bond donors (Lipinski definition) is 0. The first kappa shape index (κ1) is 14.3. The first-order valence-electron chi connectivity index (χ1n) is 7.47. The van der Waals surface area contributed by atoms with Gasteiger partial charge in [0.15, 0.2) is 0 Å². The molecule has 1 aliphatic carbocycles. The monoisotopic (exact) mass is 286 g/mol. The van der Waals surface area contributed by atoms with E-state index >= 15 is 0 Å². The largest absolute Gasteiger partial charge is 0.463 e. The predicted octanol–water partition coefficient (Wildman–Crippen LogP) is 1.08. The predicted molar refractivity (Wildman–Crippen MR) is 67.8 cm³/mol. The Kier molecular flexibility index (Phi) is 4.88. The van der Waals surface area contributed by atoms with Crippen LogP contribution in [0.4, 0.5) is 0 Å². The number of carbonyl (C=O) groups is 1. The minimum absolute atomic E-state index is 0.0664. The molecule has 0 aromatic heterocycles. The highest BCUT2D eigenvalue weighted by molar-refractivity contribution is 5.73. The standard InChI is InChI=1S/C14H22O6/c15-14(18-8-11-6-16-11)13-4-2-1-3-10(13)5-19-20-9-12-7-17-12/h10-13H,1-9H2. The molecule has 0 radical (unpaired) electrons. The maximum Gasteiger partial charge on any atom is 0.309 e. The first-order valence-corrected chi connectivity index (χ1v) is 7.47. The van der Waals surface area contributed by atoms with Crippen LogP contribution in [0.1, 0.15) is 25.7 Å². The van der Waals surface area contributed by atoms with E-state index in [-0.39, 0.29) is 30.0 Å². The molecule has 0 aromatic carbocycles. The maximum absolute atomic E-state index is 12.1. The van der Waals surface area contributed by atoms with Gasteiger partial charge in [-0.2, -0.15) is 0 Å². The molecule has 0 aromatic rings. The zero-order chi connectivity index (χ0) is 13.8. The van der Waals surface area contributed by atoms with Crippen molar-refractivity contribution in [2.75, 3.05) is 33.0 Å². The summed E-state index contributed by atoms with van der Waals surface area (Å²) in [7, 11) is 0. The average Bonchev–Trinajstić information content (AvgIpc) is 3.36. The summed E-state index contributed by atoms with van der Waals surface area (Å²) in [4.78, 5) is 22.4. The summed E-state index contributed by atoms with van der Waals surface area (Å²) in [5.41, 5.74) is 0. The third-order valence-corrected chi connectivity index (χ3v) is 4.05. The van der Waals surface area contributed by atoms with Crippen LogP contribution in [-0.2, 0) is 28.8 Å². The summed E-state index contributed by atoms with van der Waals surface area (Å²) in [6.45, 7) is 2.78. The van der Waals surface area contributed by atoms with Gasteiger partial charge in [-0.05, 0) is 18.8 Å². The minimum atomic E-state index is -0.112. The lowest BCUT2D eigenvalue weighted by molar-refractivity contribution is -0.305. The summed E-state index contributed by atoms with van der Waals surface area (Å²) in [6, 6.07) is 0. The minimum Gasteiger partial charge on any atom is -0.463 e. The van der Waals surface area contributed by atoms with Crippen LogP contribution in [0.25, 0.3) is 0 Å². The second kappa shape index (κ2) is 6.85. The molecule has 2 aliphatic heterocycles. The average molecular weight is 286 g/mol. The van der Waals surface area contributed by atoms with E-state index in [2.05, 4.69) is 0 Å². The number of carbonyl (C=O) groups excluding carboxylic acids is 1. The smallest absolute Gasteiger partial charge is 0.309 e. The Bertz CT molecular complexity index is 326. The van der Waals surface area contributed by atoms with Crippen molar-refractivity contribution in [1.82, 2.24) is 0 Å². The Balaban J connectivity index is 1.38. The fraction of sp³-hybridized carbons (Fsp3) is 0.929. The molecule has 114 valence electrons. The Labute approximate surface area is 118 Å². The molecular formula is C14H22O6. The van der Waals surface area contributed by atoms with Gasteiger partial charge in [-0.3, -0.25) is 4.79 Å². The van der Waals surface area contributed by atoms with Crippen LogP contribution in [0.5, 0.6) is 0 Å². The van der Waals surface area contributed by atoms with Gasteiger partial charge < -0.3 is 14.2 Å². The number of hydrogen-bond acceptors (Lipinski definition) is 6. The Morgan fingerprint density at radius 3 is 2.35 bits per heavy atom. The van der Waals surface area contributed by atoms with Gasteiger partial charge >= 0.3 is 5.97 Å². The molecule has 3 aliphatic rings. The van der Waals surface area contributed by atoms with Crippen molar-refractivity contribution in [3.8, 4) is 0 Å². The van der Waals surface area contributed by atoms with E-state index in [1.54, 1.807) is 0 Å². The number of epoxide rings is 2. The summed E-state index contributed by atoms with van der Waals surface area (Å²) in [5.74, 6) is 0.0131. The number of rotatable bonds is 8. The summed E-state index contributed by atoms with van der Waals surface area (Å²) in [6.07, 6.45) is 4.40. The molecule has 0 bridgehead atoms. The SMILES string of the molecule is O=C(OCC1CO1)C1CCCCC1COOCC1CO1. The van der Waals surface area contributed by atoms with Gasteiger partial charge in [-0.15, -0.1) is 0 Å². The van der Waals surface area contributed by atoms with Crippen molar-refractivity contribution in [1.29, 1.82) is 0 Å². The van der Waals surface area contributed by atoms with Crippen molar-refractivity contribution in [2.45, 2.75) is 37.9 Å². The van der Waals surface area contributed by atoms with Crippen molar-refractivity contribution < 1.29 is 28.8 Å². The maximum atomic E-state index is 12.1. The highest BCUT2D eigenvalue weighted by atomic mass is 17.2. The molecule has 2 heterocycles. The summed E-state index contributed by atoms with van der Waals surface area (Å²) >= 11 is 0. The van der Waals surface area contributed by atoms with Crippen LogP contribution >= 0.6 is 0 Å². The second-order valence-corrected chi connectivity index (χ2v) is 5.76. The van der Waals surface area contributed by atoms with E-state index in [0.29, 0.717) is 26.4 Å². The first-order chi connectivity index (χ1) is 9.83. The second-order valence-electron chi connectivity index (χ2n) is 5.76. The Morgan fingerprint density at radius 1 is 0.950 bits per heavy atom. The van der Waals surface area contributed by atoms with Gasteiger partial charge in [-0.1, -0.05) is 12.8 Å². The van der Waals surface area contributed by atoms with E-state index in [4.69, 9.17) is 24.0 Å². The lowest BCUT2D eigenvalue weighted by Crippen LogP contribution is -2.32. The van der Waals surface area contributed by atoms with Gasteiger partial charge in [0.2, 0.25) is 0 Å². The van der Waals surface area contributed by atoms with Crippen molar-refractivity contribution >= 4 is 5.97 Å². The van der Waals surface area contributed by atoms with Gasteiger partial charge in [0.1, 0.15) is 25.4 Å². The Morgan fingerprint density at radius 2 is 1.60 bits per heavy atom. The Hall–Kier alpha value is -0.690. The third kappa shape index (κ3) is 4.41. The fourth-order valence-electron chi connectivity index (χ4n) is 2.59. The fourth-order valence-corrected chi connectivity index (χ4v) is 2.59. The quantitative estimate of drug-likeness (QED) is 0.219. The lowest BCUT2D eigenvalue weighted by Gasteiger charge is -2.29. The molecule has 6 nitrogen and oxygen atoms in total. The van der Waals surface area contributed by atoms with Crippen molar-refractivity contribution in [2.24, 2.45) is 11.8 Å². The van der Waals surface area contributed by atoms with Gasteiger partial charge in [-0.25, -0.2) is 9.78 Å². The van der Waals surface area contributed by atoms with E-state index in [1.807, 2.05) is 0 Å². The third-order valence-electron chi connectivity index (χ3n) is 4.05. The van der Waals surface area contributed by atoms with Crippen molar-refractivity contribution in [3.05, 3.63) is 0 Å². The zero-order valence-corrected chi connectivity index (χ0v) is 11.6. The van der Waals surface area contributed by atoms with Crippen LogP contribution in [0.2, 0.25) is 0 Å². The molecule has 0 amide bonds. The van der Waals surface area contributed by atoms with Gasteiger partial charge in [0, 0.05) is 0 Å². The van der Waals surface area contributed by atoms with Gasteiger partial charge in [0.25, 0.3) is 0 Å². The molecule has 6 heteroatoms. The van der Waals surface area contributed by atoms with E-state index < -0.39 is 0 Å². The topological polar surface area (TPSA) is 69.8 Å². The highest BCUT2D eigenvalue weighted by Gasteiger charge is 2.34. The summed E-state index contributed by atoms with van der Waals surface area (Å²) < 4.78 is 15.4. The van der Waals surface area contributed by atoms with E-state index in [0.717, 1.165) is 32.3 Å². The molecule has 2 saturated heterocycles. The van der Waals surface area contributed by atoms with E-state index in [1.165, 1.54) is 0 Å². The zero-order valence-electron chi connectivity index (χ0n) is 11.6. The number of ether oxygens (including phenoxy) is 3.